The lowest BCUT2D eigenvalue weighted by atomic mass is 11.0. The van der Waals surface area contributed by atoms with E-state index in [1.807, 2.05) is 0 Å². The van der Waals surface area contributed by atoms with E-state index in [1.165, 1.54) is 12.8 Å². The highest BCUT2D eigenvalue weighted by atomic mass is 28.1. The van der Waals surface area contributed by atoms with Crippen molar-refractivity contribution in [1.82, 2.24) is 0 Å². The highest BCUT2D eigenvalue weighted by molar-refractivity contribution is 6.13. The molecule has 1 aliphatic carbocycles. The second-order valence-electron chi connectivity index (χ2n) is 1.34. The highest BCUT2D eigenvalue weighted by Crippen LogP contribution is 2.31. The van der Waals surface area contributed by atoms with Gasteiger partial charge in [-0.15, -0.1) is 0 Å². The van der Waals surface area contributed by atoms with Crippen LogP contribution in [0, 0.1) is 0 Å². The van der Waals surface area contributed by atoms with Crippen LogP contribution in [0.2, 0.25) is 5.54 Å². The lowest BCUT2D eigenvalue weighted by Crippen LogP contribution is -1.47. The third-order valence-corrected chi connectivity index (χ3v) is 1.29. The van der Waals surface area contributed by atoms with Crippen molar-refractivity contribution in [3.63, 3.8) is 0 Å². The molecule has 1 heteroatoms. The Morgan fingerprint density at radius 3 is 1.75 bits per heavy atom. The van der Waals surface area contributed by atoms with Gasteiger partial charge in [-0.2, -0.15) is 0 Å². The zero-order valence-electron chi connectivity index (χ0n) is 2.57. The van der Waals surface area contributed by atoms with Gasteiger partial charge in [0.25, 0.3) is 0 Å². The van der Waals surface area contributed by atoms with Crippen LogP contribution >= 0.6 is 0 Å². The maximum Gasteiger partial charge on any atom is 0.0187 e. The second kappa shape index (κ2) is 0.581. The first kappa shape index (κ1) is 2.45. The molecule has 0 N–H and O–H groups in total. The Balaban J connectivity index is 2.17. The molecule has 0 atom stereocenters. The summed E-state index contributed by atoms with van der Waals surface area (Å²) < 4.78 is 0. The van der Waals surface area contributed by atoms with Gasteiger partial charge in [0.05, 0.1) is 0 Å². The molecule has 0 heterocycles. The zero-order valence-corrected chi connectivity index (χ0v) is 3.72. The Labute approximate surface area is 29.6 Å². The third kappa shape index (κ3) is 0.317. The van der Waals surface area contributed by atoms with E-state index in [0.717, 1.165) is 5.54 Å². The van der Waals surface area contributed by atoms with Crippen molar-refractivity contribution in [3.05, 3.63) is 0 Å². The van der Waals surface area contributed by atoms with Gasteiger partial charge in [-0.3, -0.25) is 0 Å². The van der Waals surface area contributed by atoms with Crippen molar-refractivity contribution in [1.29, 1.82) is 0 Å². The van der Waals surface area contributed by atoms with Gasteiger partial charge in [0.1, 0.15) is 0 Å². The molecule has 1 fully saturated rings. The SMILES string of the molecule is [SiH]C1CC1. The molecular weight excluding hydrogens is 64.1 g/mol. The summed E-state index contributed by atoms with van der Waals surface area (Å²) in [5.74, 6) is 0. The molecule has 0 aromatic heterocycles. The quantitative estimate of drug-likeness (QED) is 0.363. The van der Waals surface area contributed by atoms with Crippen LogP contribution in [-0.2, 0) is 0 Å². The van der Waals surface area contributed by atoms with E-state index in [2.05, 4.69) is 10.2 Å². The summed E-state index contributed by atoms with van der Waals surface area (Å²) in [6.07, 6.45) is 2.90. The fourth-order valence-electron chi connectivity index (χ4n) is 0.0962. The molecule has 1 saturated carbocycles. The summed E-state index contributed by atoms with van der Waals surface area (Å²) in [5, 5.41) is 0. The van der Waals surface area contributed by atoms with Crippen LogP contribution < -0.4 is 0 Å². The van der Waals surface area contributed by atoms with E-state index in [4.69, 9.17) is 0 Å². The molecule has 1 aliphatic rings. The van der Waals surface area contributed by atoms with E-state index in [-0.39, 0.29) is 0 Å². The summed E-state index contributed by atoms with van der Waals surface area (Å²) in [5.41, 5.74) is 1.00. The largest absolute Gasteiger partial charge is 0.0536 e. The minimum absolute atomic E-state index is 1.00. The maximum atomic E-state index is 2.77. The zero-order chi connectivity index (χ0) is 2.99. The van der Waals surface area contributed by atoms with Crippen molar-refractivity contribution >= 4 is 10.2 Å². The summed E-state index contributed by atoms with van der Waals surface area (Å²) in [6, 6.07) is 0. The molecule has 1 rings (SSSR count). The van der Waals surface area contributed by atoms with Gasteiger partial charge < -0.3 is 0 Å². The van der Waals surface area contributed by atoms with Crippen molar-refractivity contribution in [3.8, 4) is 0 Å². The number of hydrogen-bond acceptors (Lipinski definition) is 0. The molecule has 0 spiro atoms. The van der Waals surface area contributed by atoms with Crippen LogP contribution in [0.25, 0.3) is 0 Å². The van der Waals surface area contributed by atoms with Crippen molar-refractivity contribution in [2.75, 3.05) is 0 Å². The summed E-state index contributed by atoms with van der Waals surface area (Å²) in [6.45, 7) is 0. The molecular formula is C3H6Si. The van der Waals surface area contributed by atoms with E-state index < -0.39 is 0 Å². The van der Waals surface area contributed by atoms with Crippen LogP contribution in [0.4, 0.5) is 0 Å². The van der Waals surface area contributed by atoms with E-state index in [0.29, 0.717) is 0 Å². The predicted octanol–water partition coefficient (Wildman–Crippen LogP) is 0.469. The predicted molar refractivity (Wildman–Crippen MR) is 20.1 cm³/mol. The standard InChI is InChI=1S/C3H6Si/c4-3-1-2-3/h3-4H,1-2H2. The summed E-state index contributed by atoms with van der Waals surface area (Å²) in [7, 11) is 2.77. The molecule has 0 bridgehead atoms. The second-order valence-corrected chi connectivity index (χ2v) is 2.28. The smallest absolute Gasteiger partial charge is 0.0187 e. The van der Waals surface area contributed by atoms with Gasteiger partial charge in [0, 0.05) is 10.2 Å². The Hall–Kier alpha value is 0.217. The van der Waals surface area contributed by atoms with Crippen LogP contribution in [0.5, 0.6) is 0 Å². The average Bonchev–Trinajstić information content (AvgIpc) is 1.75. The van der Waals surface area contributed by atoms with Gasteiger partial charge in [-0.25, -0.2) is 0 Å². The van der Waals surface area contributed by atoms with Crippen LogP contribution in [0.1, 0.15) is 12.8 Å². The first-order chi connectivity index (χ1) is 1.89. The first-order valence-electron chi connectivity index (χ1n) is 1.65. The molecule has 0 aliphatic heterocycles. The van der Waals surface area contributed by atoms with Crippen molar-refractivity contribution < 1.29 is 0 Å². The third-order valence-electron chi connectivity index (χ3n) is 0.622. The summed E-state index contributed by atoms with van der Waals surface area (Å²) in [4.78, 5) is 0. The molecule has 2 radical (unpaired) electrons. The topological polar surface area (TPSA) is 0 Å². The molecule has 0 unspecified atom stereocenters. The molecule has 22 valence electrons. The van der Waals surface area contributed by atoms with Crippen molar-refractivity contribution in [2.24, 2.45) is 0 Å². The monoisotopic (exact) mass is 70.0 g/mol. The van der Waals surface area contributed by atoms with E-state index >= 15 is 0 Å². The fourth-order valence-corrected chi connectivity index (χ4v) is 0.289. The Morgan fingerprint density at radius 1 is 1.50 bits per heavy atom. The van der Waals surface area contributed by atoms with Gasteiger partial charge in [-0.1, -0.05) is 18.4 Å². The number of hydrogen-bond donors (Lipinski definition) is 0. The average molecular weight is 70.2 g/mol. The fraction of sp³-hybridized carbons (Fsp3) is 1.00. The Bertz CT molecular complexity index is 22.5. The minimum Gasteiger partial charge on any atom is -0.0536 e. The lowest BCUT2D eigenvalue weighted by molar-refractivity contribution is 1.47. The van der Waals surface area contributed by atoms with Crippen LogP contribution in [-0.4, -0.2) is 10.2 Å². The summed E-state index contributed by atoms with van der Waals surface area (Å²) >= 11 is 0. The van der Waals surface area contributed by atoms with Gasteiger partial charge in [0.15, 0.2) is 0 Å². The molecule has 0 amide bonds. The Morgan fingerprint density at radius 2 is 1.75 bits per heavy atom. The van der Waals surface area contributed by atoms with Gasteiger partial charge in [-0.05, 0) is 0 Å². The minimum atomic E-state index is 1.00. The van der Waals surface area contributed by atoms with Crippen LogP contribution in [0.15, 0.2) is 0 Å². The molecule has 0 nitrogen and oxygen atoms in total. The van der Waals surface area contributed by atoms with Crippen molar-refractivity contribution in [2.45, 2.75) is 18.4 Å². The molecule has 0 saturated heterocycles. The normalized spacial score (nSPS) is 26.2. The number of rotatable bonds is 0. The molecule has 0 aromatic rings. The maximum absolute atomic E-state index is 2.77. The lowest BCUT2D eigenvalue weighted by Gasteiger charge is -1.52. The highest BCUT2D eigenvalue weighted by Gasteiger charge is 2.12. The molecule has 0 aromatic carbocycles. The Kier molecular flexibility index (Phi) is 0.356. The van der Waals surface area contributed by atoms with Gasteiger partial charge in [0.2, 0.25) is 0 Å². The van der Waals surface area contributed by atoms with E-state index in [9.17, 15) is 0 Å². The molecule has 4 heavy (non-hydrogen) atoms. The first-order valence-corrected chi connectivity index (χ1v) is 2.32. The van der Waals surface area contributed by atoms with Gasteiger partial charge >= 0.3 is 0 Å². The van der Waals surface area contributed by atoms with E-state index in [1.54, 1.807) is 0 Å². The van der Waals surface area contributed by atoms with Crippen LogP contribution in [0.3, 0.4) is 0 Å².